The number of hydrogen-bond donors (Lipinski definition) is 1. The van der Waals surface area contributed by atoms with Gasteiger partial charge in [0.25, 0.3) is 0 Å². The molecular weight excluding hydrogens is 250 g/mol. The van der Waals surface area contributed by atoms with Crippen LogP contribution in [-0.4, -0.2) is 17.1 Å². The third-order valence-electron chi connectivity index (χ3n) is 2.52. The first kappa shape index (κ1) is 12.6. The summed E-state index contributed by atoms with van der Waals surface area (Å²) in [5, 5.41) is 3.45. The largest absolute Gasteiger partial charge is 0.497 e. The first-order chi connectivity index (χ1) is 8.58. The summed E-state index contributed by atoms with van der Waals surface area (Å²) in [6.45, 7) is 3.88. The van der Waals surface area contributed by atoms with Crippen LogP contribution in [0.2, 0.25) is 5.28 Å². The number of rotatable bonds is 3. The molecule has 0 radical (unpaired) electrons. The van der Waals surface area contributed by atoms with E-state index in [0.29, 0.717) is 5.82 Å². The molecule has 4 nitrogen and oxygen atoms in total. The van der Waals surface area contributed by atoms with Gasteiger partial charge in [0.1, 0.15) is 11.6 Å². The maximum Gasteiger partial charge on any atom is 0.224 e. The van der Waals surface area contributed by atoms with Crippen LogP contribution in [0.4, 0.5) is 11.5 Å². The van der Waals surface area contributed by atoms with Crippen LogP contribution in [-0.2, 0) is 0 Å². The molecule has 0 aliphatic rings. The topological polar surface area (TPSA) is 47.0 Å². The molecule has 0 spiro atoms. The molecule has 1 N–H and O–H groups in total. The van der Waals surface area contributed by atoms with Crippen LogP contribution in [0.1, 0.15) is 11.3 Å². The Labute approximate surface area is 111 Å². The van der Waals surface area contributed by atoms with Crippen LogP contribution in [0, 0.1) is 13.8 Å². The molecule has 0 fully saturated rings. The monoisotopic (exact) mass is 263 g/mol. The lowest BCUT2D eigenvalue weighted by Gasteiger charge is -2.10. The van der Waals surface area contributed by atoms with Crippen LogP contribution in [0.5, 0.6) is 5.75 Å². The molecule has 1 aromatic heterocycles. The Morgan fingerprint density at radius 2 is 1.94 bits per heavy atom. The molecule has 0 aliphatic carbocycles. The third-order valence-corrected chi connectivity index (χ3v) is 2.69. The minimum absolute atomic E-state index is 0.240. The predicted molar refractivity (Wildman–Crippen MR) is 72.8 cm³/mol. The molecule has 0 aliphatic heterocycles. The lowest BCUT2D eigenvalue weighted by atomic mass is 10.2. The van der Waals surface area contributed by atoms with Gasteiger partial charge in [-0.25, -0.2) is 9.97 Å². The molecule has 2 aromatic rings. The molecule has 94 valence electrons. The van der Waals surface area contributed by atoms with Crippen molar-refractivity contribution < 1.29 is 4.74 Å². The zero-order chi connectivity index (χ0) is 13.1. The van der Waals surface area contributed by atoms with Gasteiger partial charge in [-0.15, -0.1) is 0 Å². The van der Waals surface area contributed by atoms with Gasteiger partial charge < -0.3 is 10.1 Å². The SMILES string of the molecule is COc1ccc(Nc2cc(C)nc(Cl)n2)c(C)c1. The van der Waals surface area contributed by atoms with Crippen molar-refractivity contribution in [3.05, 3.63) is 40.8 Å². The lowest BCUT2D eigenvalue weighted by molar-refractivity contribution is 0.414. The van der Waals surface area contributed by atoms with Crippen molar-refractivity contribution in [2.24, 2.45) is 0 Å². The molecule has 0 amide bonds. The van der Waals surface area contributed by atoms with E-state index in [1.54, 1.807) is 7.11 Å². The average molecular weight is 264 g/mol. The summed E-state index contributed by atoms with van der Waals surface area (Å²) in [5.74, 6) is 1.51. The minimum atomic E-state index is 0.240. The summed E-state index contributed by atoms with van der Waals surface area (Å²) in [5.41, 5.74) is 2.86. The van der Waals surface area contributed by atoms with Gasteiger partial charge in [-0.2, -0.15) is 0 Å². The van der Waals surface area contributed by atoms with Crippen LogP contribution >= 0.6 is 11.6 Å². The Morgan fingerprint density at radius 3 is 2.56 bits per heavy atom. The highest BCUT2D eigenvalue weighted by molar-refractivity contribution is 6.28. The Hall–Kier alpha value is -1.81. The van der Waals surface area contributed by atoms with E-state index in [2.05, 4.69) is 15.3 Å². The fourth-order valence-electron chi connectivity index (χ4n) is 1.64. The summed E-state index contributed by atoms with van der Waals surface area (Å²) >= 11 is 5.82. The molecule has 18 heavy (non-hydrogen) atoms. The second kappa shape index (κ2) is 5.23. The Morgan fingerprint density at radius 1 is 1.17 bits per heavy atom. The predicted octanol–water partition coefficient (Wildman–Crippen LogP) is 3.50. The number of nitrogens with one attached hydrogen (secondary N) is 1. The highest BCUT2D eigenvalue weighted by Crippen LogP contribution is 2.24. The number of anilines is 2. The number of aromatic nitrogens is 2. The van der Waals surface area contributed by atoms with E-state index in [0.717, 1.165) is 22.7 Å². The Kier molecular flexibility index (Phi) is 3.67. The maximum atomic E-state index is 5.82. The van der Waals surface area contributed by atoms with Gasteiger partial charge in [0.2, 0.25) is 5.28 Å². The maximum absolute atomic E-state index is 5.82. The second-order valence-corrected chi connectivity index (χ2v) is 4.31. The molecular formula is C13H14ClN3O. The van der Waals surface area contributed by atoms with Gasteiger partial charge in [0.05, 0.1) is 7.11 Å². The number of ether oxygens (including phenoxy) is 1. The smallest absolute Gasteiger partial charge is 0.224 e. The van der Waals surface area contributed by atoms with Crippen molar-refractivity contribution in [3.63, 3.8) is 0 Å². The summed E-state index contributed by atoms with van der Waals surface area (Å²) in [4.78, 5) is 8.14. The van der Waals surface area contributed by atoms with Crippen LogP contribution in [0.3, 0.4) is 0 Å². The van der Waals surface area contributed by atoms with E-state index < -0.39 is 0 Å². The van der Waals surface area contributed by atoms with Gasteiger partial charge >= 0.3 is 0 Å². The van der Waals surface area contributed by atoms with Crippen LogP contribution < -0.4 is 10.1 Å². The fraction of sp³-hybridized carbons (Fsp3) is 0.231. The number of nitrogens with zero attached hydrogens (tertiary/aromatic N) is 2. The van der Waals surface area contributed by atoms with Gasteiger partial charge in [-0.05, 0) is 49.2 Å². The quantitative estimate of drug-likeness (QED) is 0.861. The molecule has 1 aromatic carbocycles. The molecule has 0 saturated carbocycles. The summed E-state index contributed by atoms with van der Waals surface area (Å²) < 4.78 is 5.16. The van der Waals surface area contributed by atoms with E-state index in [-0.39, 0.29) is 5.28 Å². The molecule has 0 saturated heterocycles. The van der Waals surface area contributed by atoms with E-state index >= 15 is 0 Å². The fourth-order valence-corrected chi connectivity index (χ4v) is 1.86. The van der Waals surface area contributed by atoms with Crippen molar-refractivity contribution in [2.45, 2.75) is 13.8 Å². The minimum Gasteiger partial charge on any atom is -0.497 e. The number of aryl methyl sites for hydroxylation is 2. The van der Waals surface area contributed by atoms with E-state index in [1.807, 2.05) is 38.1 Å². The summed E-state index contributed by atoms with van der Waals surface area (Å²) in [7, 11) is 1.65. The number of benzene rings is 1. The van der Waals surface area contributed by atoms with E-state index in [4.69, 9.17) is 16.3 Å². The van der Waals surface area contributed by atoms with Gasteiger partial charge in [0, 0.05) is 17.4 Å². The van der Waals surface area contributed by atoms with Gasteiger partial charge in [-0.1, -0.05) is 0 Å². The zero-order valence-electron chi connectivity index (χ0n) is 10.5. The van der Waals surface area contributed by atoms with Gasteiger partial charge in [0.15, 0.2) is 0 Å². The summed E-state index contributed by atoms with van der Waals surface area (Å²) in [6.07, 6.45) is 0. The van der Waals surface area contributed by atoms with Crippen molar-refractivity contribution in [3.8, 4) is 5.75 Å². The van der Waals surface area contributed by atoms with Crippen LogP contribution in [0.15, 0.2) is 24.3 Å². The third kappa shape index (κ3) is 2.90. The lowest BCUT2D eigenvalue weighted by Crippen LogP contribution is -1.98. The van der Waals surface area contributed by atoms with E-state index in [1.165, 1.54) is 0 Å². The highest BCUT2D eigenvalue weighted by atomic mass is 35.5. The average Bonchev–Trinajstić information content (AvgIpc) is 2.30. The Balaban J connectivity index is 2.28. The molecule has 0 atom stereocenters. The van der Waals surface area contributed by atoms with Crippen molar-refractivity contribution >= 4 is 23.1 Å². The zero-order valence-corrected chi connectivity index (χ0v) is 11.2. The van der Waals surface area contributed by atoms with E-state index in [9.17, 15) is 0 Å². The molecule has 1 heterocycles. The molecule has 0 bridgehead atoms. The number of hydrogen-bond acceptors (Lipinski definition) is 4. The normalized spacial score (nSPS) is 10.2. The number of halogens is 1. The van der Waals surface area contributed by atoms with Crippen LogP contribution in [0.25, 0.3) is 0 Å². The standard InChI is InChI=1S/C13H14ClN3O/c1-8-6-10(18-3)4-5-11(8)16-12-7-9(2)15-13(14)17-12/h4-7H,1-3H3,(H,15,16,17). The highest BCUT2D eigenvalue weighted by Gasteiger charge is 2.04. The van der Waals surface area contributed by atoms with Gasteiger partial charge in [-0.3, -0.25) is 0 Å². The van der Waals surface area contributed by atoms with Crippen molar-refractivity contribution in [1.29, 1.82) is 0 Å². The number of methoxy groups -OCH3 is 1. The Bertz CT molecular complexity index is 552. The molecule has 5 heteroatoms. The molecule has 2 rings (SSSR count). The van der Waals surface area contributed by atoms with Crippen molar-refractivity contribution in [2.75, 3.05) is 12.4 Å². The van der Waals surface area contributed by atoms with Crippen molar-refractivity contribution in [1.82, 2.24) is 9.97 Å². The molecule has 0 unspecified atom stereocenters. The summed E-state index contributed by atoms with van der Waals surface area (Å²) in [6, 6.07) is 7.64. The second-order valence-electron chi connectivity index (χ2n) is 3.97. The first-order valence-corrected chi connectivity index (χ1v) is 5.89. The first-order valence-electron chi connectivity index (χ1n) is 5.51.